The maximum Gasteiger partial charge on any atom is 0.341 e. The third-order valence-electron chi connectivity index (χ3n) is 0.811. The molecule has 0 unspecified atom stereocenters. The smallest absolute Gasteiger partial charge is 0.341 e. The van der Waals surface area contributed by atoms with Gasteiger partial charge in [0.1, 0.15) is 0 Å². The van der Waals surface area contributed by atoms with E-state index in [0.717, 1.165) is 0 Å². The lowest BCUT2D eigenvalue weighted by Crippen LogP contribution is -2.06. The molecule has 0 saturated heterocycles. The van der Waals surface area contributed by atoms with Gasteiger partial charge in [-0.1, -0.05) is 32.9 Å². The van der Waals surface area contributed by atoms with E-state index in [9.17, 15) is 4.79 Å². The van der Waals surface area contributed by atoms with Crippen molar-refractivity contribution in [2.24, 2.45) is 0 Å². The molecule has 0 saturated carbocycles. The molecule has 0 radical (unpaired) electrons. The SMILES string of the molecule is O=C(O)C1=IC=CC=C1. The van der Waals surface area contributed by atoms with Gasteiger partial charge < -0.3 is 5.11 Å². The Hall–Kier alpha value is -0.450. The molecular weight excluding hydrogens is 231 g/mol. The van der Waals surface area contributed by atoms with Gasteiger partial charge in [-0.3, -0.25) is 0 Å². The lowest BCUT2D eigenvalue weighted by molar-refractivity contribution is -0.128. The van der Waals surface area contributed by atoms with E-state index in [2.05, 4.69) is 0 Å². The second kappa shape index (κ2) is 2.91. The van der Waals surface area contributed by atoms with E-state index in [1.807, 2.05) is 10.2 Å². The topological polar surface area (TPSA) is 37.3 Å². The number of hydrogen-bond donors (Lipinski definition) is 1. The van der Waals surface area contributed by atoms with E-state index in [4.69, 9.17) is 5.11 Å². The first-order chi connectivity index (χ1) is 4.30. The molecule has 0 atom stereocenters. The van der Waals surface area contributed by atoms with Crippen molar-refractivity contribution in [1.82, 2.24) is 0 Å². The van der Waals surface area contributed by atoms with Crippen molar-refractivity contribution in [2.45, 2.75) is 0 Å². The van der Waals surface area contributed by atoms with Gasteiger partial charge in [0.25, 0.3) is 0 Å². The molecule has 1 heterocycles. The number of hydrogen-bond acceptors (Lipinski definition) is 1. The molecule has 3 heteroatoms. The van der Waals surface area contributed by atoms with Crippen molar-refractivity contribution in [3.63, 3.8) is 0 Å². The number of rotatable bonds is 1. The second-order valence-corrected chi connectivity index (χ2v) is 3.94. The van der Waals surface area contributed by atoms with Crippen LogP contribution < -0.4 is 0 Å². The van der Waals surface area contributed by atoms with Crippen molar-refractivity contribution in [2.75, 3.05) is 0 Å². The van der Waals surface area contributed by atoms with Crippen molar-refractivity contribution in [3.05, 3.63) is 22.3 Å². The van der Waals surface area contributed by atoms with E-state index in [1.54, 1.807) is 12.2 Å². The first-order valence-corrected chi connectivity index (χ1v) is 4.70. The zero-order valence-corrected chi connectivity index (χ0v) is 6.70. The van der Waals surface area contributed by atoms with Gasteiger partial charge in [-0.15, -0.1) is 0 Å². The Morgan fingerprint density at radius 2 is 2.33 bits per heavy atom. The van der Waals surface area contributed by atoms with Crippen LogP contribution in [-0.4, -0.2) is 14.6 Å². The first kappa shape index (κ1) is 6.67. The first-order valence-electron chi connectivity index (χ1n) is 2.37. The Balaban J connectivity index is 2.84. The van der Waals surface area contributed by atoms with E-state index in [0.29, 0.717) is 3.51 Å². The van der Waals surface area contributed by atoms with Gasteiger partial charge in [-0.2, -0.15) is 0 Å². The largest absolute Gasteiger partial charge is 0.477 e. The van der Waals surface area contributed by atoms with Crippen LogP contribution in [0.1, 0.15) is 0 Å². The molecule has 2 nitrogen and oxygen atoms in total. The highest BCUT2D eigenvalue weighted by Crippen LogP contribution is 2.08. The molecule has 0 amide bonds. The fraction of sp³-hybridized carbons (Fsp3) is 0. The van der Waals surface area contributed by atoms with E-state index in [-0.39, 0.29) is 20.7 Å². The van der Waals surface area contributed by atoms with E-state index >= 15 is 0 Å². The van der Waals surface area contributed by atoms with Crippen molar-refractivity contribution >= 4 is 30.2 Å². The molecule has 1 aliphatic heterocycles. The van der Waals surface area contributed by atoms with Crippen LogP contribution in [0.4, 0.5) is 0 Å². The Morgan fingerprint density at radius 3 is 2.67 bits per heavy atom. The molecule has 1 N–H and O–H groups in total. The number of carboxylic acids is 1. The quantitative estimate of drug-likeness (QED) is 0.696. The Labute approximate surface area is 62.6 Å². The number of allylic oxidation sites excluding steroid dienone is 2. The summed E-state index contributed by atoms with van der Waals surface area (Å²) in [6, 6.07) is 0. The van der Waals surface area contributed by atoms with Crippen molar-refractivity contribution in [3.8, 4) is 0 Å². The summed E-state index contributed by atoms with van der Waals surface area (Å²) in [6.45, 7) is 0. The zero-order valence-electron chi connectivity index (χ0n) is 4.54. The predicted octanol–water partition coefficient (Wildman–Crippen LogP) is 1.30. The van der Waals surface area contributed by atoms with Crippen LogP contribution in [-0.2, 0) is 4.79 Å². The molecule has 0 aliphatic carbocycles. The summed E-state index contributed by atoms with van der Waals surface area (Å²) in [5, 5.41) is 8.44. The standard InChI is InChI=1S/C6H5IO2/c8-6(9)5-3-1-2-4-7-5/h1-4H,(H,8,9). The Kier molecular flexibility index (Phi) is 2.16. The summed E-state index contributed by atoms with van der Waals surface area (Å²) in [4.78, 5) is 10.3. The van der Waals surface area contributed by atoms with Crippen LogP contribution in [0.3, 0.4) is 0 Å². The Morgan fingerprint density at radius 1 is 1.56 bits per heavy atom. The molecule has 0 aromatic carbocycles. The molecule has 0 bridgehead atoms. The van der Waals surface area contributed by atoms with Crippen LogP contribution >= 0.6 is 20.7 Å². The molecule has 1 rings (SSSR count). The molecule has 0 fully saturated rings. The van der Waals surface area contributed by atoms with Gasteiger partial charge >= 0.3 is 5.97 Å². The lowest BCUT2D eigenvalue weighted by atomic mass is 10.4. The number of carboxylic acid groups (broad SMARTS) is 1. The summed E-state index contributed by atoms with van der Waals surface area (Å²) in [5.41, 5.74) is 0. The fourth-order valence-corrected chi connectivity index (χ4v) is 1.96. The monoisotopic (exact) mass is 236 g/mol. The average Bonchev–Trinajstić information content (AvgIpc) is 1.90. The minimum Gasteiger partial charge on any atom is -0.477 e. The van der Waals surface area contributed by atoms with Gasteiger partial charge in [0.2, 0.25) is 0 Å². The Bertz CT molecular complexity index is 213. The van der Waals surface area contributed by atoms with Crippen molar-refractivity contribution in [1.29, 1.82) is 0 Å². The normalized spacial score (nSPS) is 16.2. The van der Waals surface area contributed by atoms with Crippen LogP contribution in [0, 0.1) is 0 Å². The molecule has 0 aromatic heterocycles. The maximum atomic E-state index is 10.3. The highest BCUT2D eigenvalue weighted by molar-refractivity contribution is 14.2. The third kappa shape index (κ3) is 1.74. The predicted molar refractivity (Wildman–Crippen MR) is 44.9 cm³/mol. The summed E-state index contributed by atoms with van der Waals surface area (Å²) in [7, 11) is 0. The highest BCUT2D eigenvalue weighted by Gasteiger charge is 2.01. The molecule has 0 spiro atoms. The minimum absolute atomic E-state index is 0.342. The molecule has 1 aliphatic rings. The van der Waals surface area contributed by atoms with Crippen LogP contribution in [0.15, 0.2) is 22.3 Å². The van der Waals surface area contributed by atoms with Crippen LogP contribution in [0.2, 0.25) is 0 Å². The molecular formula is C6H5IO2. The maximum absolute atomic E-state index is 10.3. The average molecular weight is 236 g/mol. The zero-order chi connectivity index (χ0) is 6.69. The van der Waals surface area contributed by atoms with Gasteiger partial charge in [0.05, 0.1) is 3.51 Å². The highest BCUT2D eigenvalue weighted by atomic mass is 127. The van der Waals surface area contributed by atoms with E-state index in [1.165, 1.54) is 0 Å². The van der Waals surface area contributed by atoms with Gasteiger partial charge in [-0.25, -0.2) is 4.79 Å². The summed E-state index contributed by atoms with van der Waals surface area (Å²) < 4.78 is 2.50. The summed E-state index contributed by atoms with van der Waals surface area (Å²) >= 11 is -0.342. The number of halogens is 1. The molecule has 48 valence electrons. The molecule has 9 heavy (non-hydrogen) atoms. The number of carbonyl (C=O) groups is 1. The third-order valence-corrected chi connectivity index (χ3v) is 3.08. The van der Waals surface area contributed by atoms with Gasteiger partial charge in [-0.05, 0) is 10.2 Å². The van der Waals surface area contributed by atoms with Crippen LogP contribution in [0.5, 0.6) is 0 Å². The summed E-state index contributed by atoms with van der Waals surface area (Å²) in [5.74, 6) is -0.775. The van der Waals surface area contributed by atoms with Gasteiger partial charge in [0.15, 0.2) is 0 Å². The van der Waals surface area contributed by atoms with Crippen LogP contribution in [0.25, 0.3) is 0 Å². The molecule has 0 aromatic rings. The lowest BCUT2D eigenvalue weighted by Gasteiger charge is -1.92. The minimum atomic E-state index is -0.775. The number of aliphatic carboxylic acids is 1. The summed E-state index contributed by atoms with van der Waals surface area (Å²) in [6.07, 6.45) is 5.31. The fourth-order valence-electron chi connectivity index (χ4n) is 0.441. The van der Waals surface area contributed by atoms with Gasteiger partial charge in [0, 0.05) is 0 Å². The second-order valence-electron chi connectivity index (χ2n) is 1.44. The van der Waals surface area contributed by atoms with E-state index < -0.39 is 5.97 Å². The van der Waals surface area contributed by atoms with Crippen molar-refractivity contribution < 1.29 is 9.90 Å².